The minimum Gasteiger partial charge on any atom is -0.493 e. The molecule has 0 fully saturated rings. The van der Waals surface area contributed by atoms with Crippen LogP contribution in [0.1, 0.15) is 18.9 Å². The van der Waals surface area contributed by atoms with E-state index in [1.54, 1.807) is 30.3 Å². The van der Waals surface area contributed by atoms with Crippen LogP contribution in [0.25, 0.3) is 0 Å². The maximum absolute atomic E-state index is 12.0. The normalized spacial score (nSPS) is 10.7. The van der Waals surface area contributed by atoms with Crippen molar-refractivity contribution in [3.63, 3.8) is 0 Å². The van der Waals surface area contributed by atoms with E-state index in [2.05, 4.69) is 31.8 Å². The summed E-state index contributed by atoms with van der Waals surface area (Å²) in [5, 5.41) is 6.91. The van der Waals surface area contributed by atoms with Crippen molar-refractivity contribution >= 4 is 62.8 Å². The van der Waals surface area contributed by atoms with Gasteiger partial charge in [-0.15, -0.1) is 0 Å². The van der Waals surface area contributed by atoms with Crippen LogP contribution in [0.2, 0.25) is 10.0 Å². The molecule has 2 N–H and O–H groups in total. The average molecular weight is 473 g/mol. The number of hydrogen-bond acceptors (Lipinski definition) is 4. The van der Waals surface area contributed by atoms with Gasteiger partial charge in [0.2, 0.25) is 11.8 Å². The van der Waals surface area contributed by atoms with E-state index < -0.39 is 18.2 Å². The predicted molar refractivity (Wildman–Crippen MR) is 111 cm³/mol. The van der Waals surface area contributed by atoms with Gasteiger partial charge in [-0.3, -0.25) is 9.59 Å². The molecule has 2 aromatic rings. The van der Waals surface area contributed by atoms with E-state index in [9.17, 15) is 9.59 Å². The fourth-order valence-electron chi connectivity index (χ4n) is 2.06. The Labute approximate surface area is 175 Å². The maximum atomic E-state index is 12.0. The average Bonchev–Trinajstić information content (AvgIpc) is 2.61. The molecule has 0 aromatic heterocycles. The van der Waals surface area contributed by atoms with Gasteiger partial charge in [-0.25, -0.2) is 5.43 Å². The van der Waals surface area contributed by atoms with Crippen molar-refractivity contribution in [3.05, 3.63) is 56.5 Å². The van der Waals surface area contributed by atoms with Crippen molar-refractivity contribution in [2.45, 2.75) is 13.3 Å². The molecule has 0 saturated carbocycles. The van der Waals surface area contributed by atoms with Gasteiger partial charge < -0.3 is 10.1 Å². The molecule has 0 spiro atoms. The summed E-state index contributed by atoms with van der Waals surface area (Å²) in [7, 11) is 0. The second-order valence-corrected chi connectivity index (χ2v) is 6.94. The number of anilines is 1. The number of hydrazone groups is 1. The molecule has 142 valence electrons. The molecule has 2 rings (SSSR count). The number of ether oxygens (including phenoxy) is 1. The van der Waals surface area contributed by atoms with Crippen LogP contribution in [0.15, 0.2) is 46.0 Å². The zero-order chi connectivity index (χ0) is 19.8. The largest absolute Gasteiger partial charge is 0.493 e. The zero-order valence-electron chi connectivity index (χ0n) is 14.3. The highest BCUT2D eigenvalue weighted by Crippen LogP contribution is 2.29. The molecular formula is C18H16BrCl2N3O3. The van der Waals surface area contributed by atoms with E-state index >= 15 is 0 Å². The van der Waals surface area contributed by atoms with Crippen molar-refractivity contribution in [2.24, 2.45) is 5.10 Å². The Morgan fingerprint density at radius 3 is 2.74 bits per heavy atom. The van der Waals surface area contributed by atoms with Gasteiger partial charge in [0.15, 0.2) is 0 Å². The zero-order valence-corrected chi connectivity index (χ0v) is 17.4. The molecule has 0 bridgehead atoms. The Balaban J connectivity index is 1.92. The molecule has 0 radical (unpaired) electrons. The number of nitrogens with zero attached hydrogens (tertiary/aromatic N) is 1. The number of hydrogen-bond donors (Lipinski definition) is 2. The highest BCUT2D eigenvalue weighted by Gasteiger charge is 2.12. The Bertz CT molecular complexity index is 875. The summed E-state index contributed by atoms with van der Waals surface area (Å²) in [5.41, 5.74) is 3.32. The van der Waals surface area contributed by atoms with Crippen LogP contribution in [0.4, 0.5) is 5.69 Å². The molecule has 0 aliphatic heterocycles. The van der Waals surface area contributed by atoms with Gasteiger partial charge in [0.05, 0.1) is 28.6 Å². The van der Waals surface area contributed by atoms with Crippen LogP contribution in [0.3, 0.4) is 0 Å². The van der Waals surface area contributed by atoms with Gasteiger partial charge in [0.1, 0.15) is 12.2 Å². The molecule has 0 saturated heterocycles. The third-order valence-corrected chi connectivity index (χ3v) is 4.52. The lowest BCUT2D eigenvalue weighted by Gasteiger charge is -2.08. The minimum absolute atomic E-state index is 0.212. The number of nitrogens with one attached hydrogen (secondary N) is 2. The van der Waals surface area contributed by atoms with Gasteiger partial charge in [-0.2, -0.15) is 5.10 Å². The Kier molecular flexibility index (Phi) is 8.09. The molecule has 27 heavy (non-hydrogen) atoms. The summed E-state index contributed by atoms with van der Waals surface area (Å²) >= 11 is 15.2. The van der Waals surface area contributed by atoms with E-state index in [4.69, 9.17) is 27.9 Å². The van der Waals surface area contributed by atoms with Crippen molar-refractivity contribution in [1.29, 1.82) is 0 Å². The van der Waals surface area contributed by atoms with E-state index in [-0.39, 0.29) is 5.02 Å². The highest BCUT2D eigenvalue weighted by atomic mass is 79.9. The monoisotopic (exact) mass is 471 g/mol. The van der Waals surface area contributed by atoms with Crippen LogP contribution in [0, 0.1) is 0 Å². The van der Waals surface area contributed by atoms with E-state index in [0.717, 1.165) is 4.47 Å². The van der Waals surface area contributed by atoms with Crippen LogP contribution >= 0.6 is 39.1 Å². The van der Waals surface area contributed by atoms with Crippen LogP contribution in [-0.4, -0.2) is 24.6 Å². The lowest BCUT2D eigenvalue weighted by atomic mass is 10.2. The molecule has 2 aromatic carbocycles. The topological polar surface area (TPSA) is 79.8 Å². The van der Waals surface area contributed by atoms with Gasteiger partial charge in [0, 0.05) is 10.0 Å². The van der Waals surface area contributed by atoms with Gasteiger partial charge in [-0.1, -0.05) is 45.2 Å². The first kappa shape index (κ1) is 21.2. The Hall–Kier alpha value is -2.09. The van der Waals surface area contributed by atoms with E-state index in [1.807, 2.05) is 13.0 Å². The summed E-state index contributed by atoms with van der Waals surface area (Å²) in [6, 6.07) is 10.3. The number of carbonyl (C=O) groups is 2. The molecule has 0 aliphatic carbocycles. The Morgan fingerprint density at radius 1 is 1.22 bits per heavy atom. The molecule has 0 atom stereocenters. The molecular weight excluding hydrogens is 457 g/mol. The van der Waals surface area contributed by atoms with E-state index in [1.165, 1.54) is 6.21 Å². The SMILES string of the molecule is CCOc1ccc(Br)cc1C=NNC(=O)CC(=O)Nc1cccc(Cl)c1Cl. The quantitative estimate of drug-likeness (QED) is 0.350. The maximum Gasteiger partial charge on any atom is 0.249 e. The van der Waals surface area contributed by atoms with Crippen molar-refractivity contribution < 1.29 is 14.3 Å². The third-order valence-electron chi connectivity index (χ3n) is 3.21. The summed E-state index contributed by atoms with van der Waals surface area (Å²) in [5.74, 6) is -0.480. The number of amides is 2. The molecule has 0 unspecified atom stereocenters. The predicted octanol–water partition coefficient (Wildman–Crippen LogP) is 4.63. The standard InChI is InChI=1S/C18H16BrCl2N3O3/c1-2-27-15-7-6-12(19)8-11(15)10-22-24-17(26)9-16(25)23-14-5-3-4-13(20)18(14)21/h3-8,10H,2,9H2,1H3,(H,23,25)(H,24,26). The van der Waals surface area contributed by atoms with Gasteiger partial charge >= 0.3 is 0 Å². The summed E-state index contributed by atoms with van der Waals surface area (Å²) in [6.45, 7) is 2.37. The minimum atomic E-state index is -0.574. The van der Waals surface area contributed by atoms with E-state index in [0.29, 0.717) is 28.6 Å². The van der Waals surface area contributed by atoms with Crippen LogP contribution < -0.4 is 15.5 Å². The second kappa shape index (κ2) is 10.3. The first-order chi connectivity index (χ1) is 12.9. The number of rotatable bonds is 7. The summed E-state index contributed by atoms with van der Waals surface area (Å²) in [4.78, 5) is 23.8. The van der Waals surface area contributed by atoms with Gasteiger partial charge in [0.25, 0.3) is 0 Å². The molecule has 2 amide bonds. The summed E-state index contributed by atoms with van der Waals surface area (Å²) in [6.07, 6.45) is 1.02. The van der Waals surface area contributed by atoms with Crippen LogP contribution in [-0.2, 0) is 9.59 Å². The number of carbonyl (C=O) groups excluding carboxylic acids is 2. The molecule has 9 heteroatoms. The fourth-order valence-corrected chi connectivity index (χ4v) is 2.79. The van der Waals surface area contributed by atoms with Crippen molar-refractivity contribution in [1.82, 2.24) is 5.43 Å². The first-order valence-electron chi connectivity index (χ1n) is 7.88. The lowest BCUT2D eigenvalue weighted by molar-refractivity contribution is -0.126. The Morgan fingerprint density at radius 2 is 2.00 bits per heavy atom. The van der Waals surface area contributed by atoms with Crippen molar-refractivity contribution in [3.8, 4) is 5.75 Å². The lowest BCUT2D eigenvalue weighted by Crippen LogP contribution is -2.24. The third kappa shape index (κ3) is 6.53. The van der Waals surface area contributed by atoms with Gasteiger partial charge in [-0.05, 0) is 37.3 Å². The first-order valence-corrected chi connectivity index (χ1v) is 9.43. The smallest absolute Gasteiger partial charge is 0.249 e. The highest BCUT2D eigenvalue weighted by molar-refractivity contribution is 9.10. The molecule has 0 aliphatic rings. The molecule has 0 heterocycles. The van der Waals surface area contributed by atoms with Crippen molar-refractivity contribution in [2.75, 3.05) is 11.9 Å². The summed E-state index contributed by atoms with van der Waals surface area (Å²) < 4.78 is 6.33. The van der Waals surface area contributed by atoms with Crippen LogP contribution in [0.5, 0.6) is 5.75 Å². The fraction of sp³-hybridized carbons (Fsp3) is 0.167. The number of halogens is 3. The number of benzene rings is 2. The molecule has 6 nitrogen and oxygen atoms in total. The second-order valence-electron chi connectivity index (χ2n) is 5.23.